The van der Waals surface area contributed by atoms with Crippen LogP contribution in [0, 0.1) is 13.8 Å². The second kappa shape index (κ2) is 7.34. The summed E-state index contributed by atoms with van der Waals surface area (Å²) >= 11 is 0. The second-order valence-corrected chi connectivity index (χ2v) is 6.04. The molecule has 25 heavy (non-hydrogen) atoms. The molecule has 2 aromatic heterocycles. The SMILES string of the molecule is CN=C(NCc1c(C)nn(C)c1C)NCc1cccc2cccnc12. The van der Waals surface area contributed by atoms with Crippen LogP contribution in [0.2, 0.25) is 0 Å². The molecule has 0 fully saturated rings. The van der Waals surface area contributed by atoms with E-state index >= 15 is 0 Å². The summed E-state index contributed by atoms with van der Waals surface area (Å²) in [5.74, 6) is 0.760. The first-order valence-electron chi connectivity index (χ1n) is 8.36. The van der Waals surface area contributed by atoms with Gasteiger partial charge in [0.05, 0.1) is 11.2 Å². The van der Waals surface area contributed by atoms with Crippen molar-refractivity contribution < 1.29 is 0 Å². The summed E-state index contributed by atoms with van der Waals surface area (Å²) in [6, 6.07) is 10.3. The smallest absolute Gasteiger partial charge is 0.191 e. The number of nitrogens with zero attached hydrogens (tertiary/aromatic N) is 4. The summed E-state index contributed by atoms with van der Waals surface area (Å²) in [7, 11) is 3.74. The lowest BCUT2D eigenvalue weighted by atomic mass is 10.1. The number of rotatable bonds is 4. The van der Waals surface area contributed by atoms with E-state index in [1.165, 1.54) is 11.3 Å². The van der Waals surface area contributed by atoms with E-state index in [9.17, 15) is 0 Å². The molecule has 130 valence electrons. The van der Waals surface area contributed by atoms with Crippen molar-refractivity contribution in [1.29, 1.82) is 0 Å². The maximum absolute atomic E-state index is 4.49. The summed E-state index contributed by atoms with van der Waals surface area (Å²) in [6.45, 7) is 5.47. The van der Waals surface area contributed by atoms with Gasteiger partial charge in [0.25, 0.3) is 0 Å². The zero-order valence-electron chi connectivity index (χ0n) is 15.2. The molecule has 2 N–H and O–H groups in total. The van der Waals surface area contributed by atoms with Crippen LogP contribution in [0.25, 0.3) is 10.9 Å². The highest BCUT2D eigenvalue weighted by Crippen LogP contribution is 2.15. The van der Waals surface area contributed by atoms with Gasteiger partial charge in [0, 0.05) is 50.0 Å². The molecule has 0 saturated carbocycles. The maximum Gasteiger partial charge on any atom is 0.191 e. The summed E-state index contributed by atoms with van der Waals surface area (Å²) in [4.78, 5) is 8.80. The van der Waals surface area contributed by atoms with Crippen molar-refractivity contribution in [3.63, 3.8) is 0 Å². The minimum absolute atomic E-state index is 0.666. The largest absolute Gasteiger partial charge is 0.352 e. The molecule has 0 amide bonds. The van der Waals surface area contributed by atoms with Gasteiger partial charge in [-0.2, -0.15) is 5.10 Å². The number of aromatic nitrogens is 3. The Kier molecular flexibility index (Phi) is 4.97. The van der Waals surface area contributed by atoms with Crippen LogP contribution in [0.3, 0.4) is 0 Å². The molecule has 2 heterocycles. The van der Waals surface area contributed by atoms with Gasteiger partial charge < -0.3 is 10.6 Å². The third-order valence-corrected chi connectivity index (χ3v) is 4.48. The van der Waals surface area contributed by atoms with Crippen molar-refractivity contribution in [3.8, 4) is 0 Å². The van der Waals surface area contributed by atoms with Gasteiger partial charge in [-0.15, -0.1) is 0 Å². The second-order valence-electron chi connectivity index (χ2n) is 6.04. The average Bonchev–Trinajstić information content (AvgIpc) is 2.87. The summed E-state index contributed by atoms with van der Waals surface area (Å²) < 4.78 is 1.91. The van der Waals surface area contributed by atoms with E-state index in [-0.39, 0.29) is 0 Å². The van der Waals surface area contributed by atoms with Crippen LogP contribution < -0.4 is 10.6 Å². The molecular weight excluding hydrogens is 312 g/mol. The average molecular weight is 336 g/mol. The number of para-hydroxylation sites is 1. The predicted octanol–water partition coefficient (Wildman–Crippen LogP) is 2.45. The molecule has 3 aromatic rings. The van der Waals surface area contributed by atoms with Gasteiger partial charge in [-0.1, -0.05) is 24.3 Å². The number of hydrogen-bond acceptors (Lipinski definition) is 3. The summed E-state index contributed by atoms with van der Waals surface area (Å²) in [6.07, 6.45) is 1.83. The molecule has 1 aromatic carbocycles. The van der Waals surface area contributed by atoms with Crippen LogP contribution in [0.15, 0.2) is 41.5 Å². The Bertz CT molecular complexity index is 904. The molecule has 6 heteroatoms. The number of aryl methyl sites for hydroxylation is 2. The lowest BCUT2D eigenvalue weighted by Gasteiger charge is -2.13. The first-order valence-corrected chi connectivity index (χ1v) is 8.36. The normalized spacial score (nSPS) is 11.8. The number of guanidine groups is 1. The van der Waals surface area contributed by atoms with E-state index in [0.29, 0.717) is 13.1 Å². The third-order valence-electron chi connectivity index (χ3n) is 4.48. The van der Waals surface area contributed by atoms with Crippen molar-refractivity contribution in [2.75, 3.05) is 7.05 Å². The number of nitrogens with one attached hydrogen (secondary N) is 2. The van der Waals surface area contributed by atoms with Crippen LogP contribution >= 0.6 is 0 Å². The molecule has 0 radical (unpaired) electrons. The zero-order chi connectivity index (χ0) is 17.8. The van der Waals surface area contributed by atoms with Crippen LogP contribution in [-0.2, 0) is 20.1 Å². The molecule has 0 aliphatic heterocycles. The van der Waals surface area contributed by atoms with Gasteiger partial charge in [0.1, 0.15) is 0 Å². The quantitative estimate of drug-likeness (QED) is 0.567. The number of benzene rings is 1. The van der Waals surface area contributed by atoms with Gasteiger partial charge in [-0.3, -0.25) is 14.7 Å². The number of pyridine rings is 1. The summed E-state index contributed by atoms with van der Waals surface area (Å²) in [5.41, 5.74) is 5.58. The van der Waals surface area contributed by atoms with Gasteiger partial charge in [-0.25, -0.2) is 0 Å². The molecule has 0 atom stereocenters. The molecule has 0 saturated heterocycles. The topological polar surface area (TPSA) is 67.1 Å². The summed E-state index contributed by atoms with van der Waals surface area (Å²) in [5, 5.41) is 12.3. The van der Waals surface area contributed by atoms with Crippen molar-refractivity contribution in [2.45, 2.75) is 26.9 Å². The van der Waals surface area contributed by atoms with E-state index in [4.69, 9.17) is 0 Å². The molecule has 0 bridgehead atoms. The monoisotopic (exact) mass is 336 g/mol. The van der Waals surface area contributed by atoms with E-state index in [0.717, 1.165) is 28.1 Å². The first-order chi connectivity index (χ1) is 12.1. The zero-order valence-corrected chi connectivity index (χ0v) is 15.2. The molecule has 0 unspecified atom stereocenters. The highest BCUT2D eigenvalue weighted by atomic mass is 15.3. The lowest BCUT2D eigenvalue weighted by Crippen LogP contribution is -2.36. The Balaban J connectivity index is 1.67. The van der Waals surface area contributed by atoms with E-state index in [2.05, 4.69) is 56.9 Å². The molecule has 0 aliphatic carbocycles. The van der Waals surface area contributed by atoms with Gasteiger partial charge in [-0.05, 0) is 25.5 Å². The van der Waals surface area contributed by atoms with Gasteiger partial charge >= 0.3 is 0 Å². The fourth-order valence-corrected chi connectivity index (χ4v) is 2.96. The molecule has 6 nitrogen and oxygen atoms in total. The number of fused-ring (bicyclic) bond motifs is 1. The van der Waals surface area contributed by atoms with E-state index in [1.54, 1.807) is 7.05 Å². The van der Waals surface area contributed by atoms with Crippen molar-refractivity contribution in [1.82, 2.24) is 25.4 Å². The molecule has 3 rings (SSSR count). The Morgan fingerprint density at radius 2 is 1.88 bits per heavy atom. The van der Waals surface area contributed by atoms with E-state index < -0.39 is 0 Å². The van der Waals surface area contributed by atoms with Gasteiger partial charge in [0.2, 0.25) is 0 Å². The Hall–Kier alpha value is -2.89. The van der Waals surface area contributed by atoms with Crippen LogP contribution in [-0.4, -0.2) is 27.8 Å². The fourth-order valence-electron chi connectivity index (χ4n) is 2.96. The number of aliphatic imine (C=N–C) groups is 1. The van der Waals surface area contributed by atoms with Crippen molar-refractivity contribution in [3.05, 3.63) is 59.0 Å². The molecule has 0 spiro atoms. The third kappa shape index (κ3) is 3.63. The van der Waals surface area contributed by atoms with Crippen LogP contribution in [0.4, 0.5) is 0 Å². The van der Waals surface area contributed by atoms with Crippen LogP contribution in [0.1, 0.15) is 22.5 Å². The predicted molar refractivity (Wildman–Crippen MR) is 101 cm³/mol. The number of hydrogen-bond donors (Lipinski definition) is 2. The molecular formula is C19H24N6. The van der Waals surface area contributed by atoms with Gasteiger partial charge in [0.15, 0.2) is 5.96 Å². The highest BCUT2D eigenvalue weighted by molar-refractivity contribution is 5.83. The highest BCUT2D eigenvalue weighted by Gasteiger charge is 2.10. The Morgan fingerprint density at radius 1 is 1.12 bits per heavy atom. The Morgan fingerprint density at radius 3 is 2.60 bits per heavy atom. The Labute approximate surface area is 148 Å². The molecule has 0 aliphatic rings. The minimum Gasteiger partial charge on any atom is -0.352 e. The minimum atomic E-state index is 0.666. The maximum atomic E-state index is 4.49. The van der Waals surface area contributed by atoms with Crippen LogP contribution in [0.5, 0.6) is 0 Å². The van der Waals surface area contributed by atoms with E-state index in [1.807, 2.05) is 30.9 Å². The standard InChI is InChI=1S/C19H24N6/c1-13-17(14(2)25(4)24-13)12-23-19(20-3)22-11-16-8-5-7-15-9-6-10-21-18(15)16/h5-10H,11-12H2,1-4H3,(H2,20,22,23). The fraction of sp³-hybridized carbons (Fsp3) is 0.316. The van der Waals surface area contributed by atoms with Crippen molar-refractivity contribution in [2.24, 2.45) is 12.0 Å². The first kappa shape index (κ1) is 17.0. The lowest BCUT2D eigenvalue weighted by molar-refractivity contribution is 0.728. The van der Waals surface area contributed by atoms with Crippen molar-refractivity contribution >= 4 is 16.9 Å².